The molecule has 2 aliphatic heterocycles. The molecule has 0 aliphatic carbocycles. The highest BCUT2D eigenvalue weighted by atomic mass is 16.5. The fourth-order valence-electron chi connectivity index (χ4n) is 9.00. The van der Waals surface area contributed by atoms with Gasteiger partial charge in [-0.2, -0.15) is 0 Å². The Labute approximate surface area is 319 Å². The first-order chi connectivity index (χ1) is 28.9. The lowest BCUT2D eigenvalue weighted by molar-refractivity contribution is 0.465. The lowest BCUT2D eigenvalue weighted by Gasteiger charge is -2.33. The second kappa shape index (κ2) is 11.2. The van der Waals surface area contributed by atoms with Gasteiger partial charge in [-0.15, -0.1) is 0 Å². The van der Waals surface area contributed by atoms with E-state index in [1.807, 2.05) is 60.7 Å². The topological polar surface area (TPSA) is 23.4 Å². The first-order valence-electron chi connectivity index (χ1n) is 20.6. The molecule has 1 aromatic heterocycles. The maximum atomic E-state index is 8.98. The molecule has 0 radical (unpaired) electrons. The quantitative estimate of drug-likeness (QED) is 0.136. The lowest BCUT2D eigenvalue weighted by atomic mass is 9.35. The van der Waals surface area contributed by atoms with Crippen LogP contribution in [0.5, 0.6) is 23.0 Å². The van der Waals surface area contributed by atoms with Crippen LogP contribution in [0.4, 0.5) is 0 Å². The molecule has 0 fully saturated rings. The van der Waals surface area contributed by atoms with Crippen molar-refractivity contribution in [2.75, 3.05) is 0 Å². The van der Waals surface area contributed by atoms with Crippen molar-refractivity contribution in [2.45, 2.75) is 0 Å². The number of para-hydroxylation sites is 3. The summed E-state index contributed by atoms with van der Waals surface area (Å²) in [6.45, 7) is -0.130. The van der Waals surface area contributed by atoms with Gasteiger partial charge in [-0.05, 0) is 91.1 Å². The van der Waals surface area contributed by atoms with E-state index in [1.165, 1.54) is 10.8 Å². The summed E-state index contributed by atoms with van der Waals surface area (Å²) in [5.74, 6) is 2.97. The number of fused-ring (bicyclic) bond motifs is 9. The van der Waals surface area contributed by atoms with Crippen LogP contribution in [0.25, 0.3) is 71.3 Å². The van der Waals surface area contributed by atoms with Gasteiger partial charge < -0.3 is 14.0 Å². The van der Waals surface area contributed by atoms with E-state index in [1.54, 1.807) is 0 Å². The Morgan fingerprint density at radius 2 is 0.926 bits per heavy atom. The third kappa shape index (κ3) is 4.14. The molecule has 0 atom stereocenters. The molecule has 0 spiro atoms. The molecule has 0 amide bonds. The summed E-state index contributed by atoms with van der Waals surface area (Å²) in [5.41, 5.74) is 8.93. The molecular formula is C50H30BNO2. The minimum atomic E-state index is -0.416. The first kappa shape index (κ1) is 25.0. The predicted molar refractivity (Wildman–Crippen MR) is 224 cm³/mol. The van der Waals surface area contributed by atoms with Gasteiger partial charge in [0, 0.05) is 28.0 Å². The van der Waals surface area contributed by atoms with Gasteiger partial charge in [-0.3, -0.25) is 0 Å². The number of hydrogen-bond donors (Lipinski definition) is 0. The van der Waals surface area contributed by atoms with Crippen molar-refractivity contribution in [1.29, 1.82) is 0 Å². The monoisotopic (exact) mass is 692 g/mol. The number of aromatic nitrogens is 1. The molecule has 54 heavy (non-hydrogen) atoms. The van der Waals surface area contributed by atoms with E-state index < -0.39 is 6.04 Å². The van der Waals surface area contributed by atoms with E-state index >= 15 is 0 Å². The van der Waals surface area contributed by atoms with Gasteiger partial charge in [0.15, 0.2) is 0 Å². The summed E-state index contributed by atoms with van der Waals surface area (Å²) in [6, 6.07) is 50.1. The molecule has 0 saturated carbocycles. The molecule has 0 bridgehead atoms. The van der Waals surface area contributed by atoms with Crippen LogP contribution in [-0.2, 0) is 0 Å². The first-order valence-corrected chi connectivity index (χ1v) is 18.1. The number of nitrogens with zero attached hydrogens (tertiary/aromatic N) is 1. The van der Waals surface area contributed by atoms with Gasteiger partial charge in [0.2, 0.25) is 0 Å². The van der Waals surface area contributed by atoms with E-state index in [0.717, 1.165) is 77.3 Å². The molecule has 3 heterocycles. The molecule has 10 aromatic rings. The molecule has 3 nitrogen and oxygen atoms in total. The maximum Gasteiger partial charge on any atom is 0.260 e. The van der Waals surface area contributed by atoms with Crippen LogP contribution in [0.3, 0.4) is 0 Å². The number of ether oxygens (including phenoxy) is 2. The highest BCUT2D eigenvalue weighted by Gasteiger charge is 2.40. The van der Waals surface area contributed by atoms with Crippen LogP contribution < -0.4 is 25.9 Å². The molecule has 9 aromatic carbocycles. The van der Waals surface area contributed by atoms with Gasteiger partial charge in [0.1, 0.15) is 23.0 Å². The van der Waals surface area contributed by atoms with Crippen molar-refractivity contribution in [3.63, 3.8) is 0 Å². The molecule has 250 valence electrons. The molecular weight excluding hydrogens is 657 g/mol. The molecule has 4 heteroatoms. The molecule has 2 aliphatic rings. The third-order valence-electron chi connectivity index (χ3n) is 11.2. The van der Waals surface area contributed by atoms with Crippen molar-refractivity contribution in [3.05, 3.63) is 182 Å². The van der Waals surface area contributed by atoms with Gasteiger partial charge >= 0.3 is 0 Å². The third-order valence-corrected chi connectivity index (χ3v) is 11.2. The van der Waals surface area contributed by atoms with E-state index in [4.69, 9.17) is 16.3 Å². The van der Waals surface area contributed by atoms with Gasteiger partial charge in [-0.25, -0.2) is 0 Å². The van der Waals surface area contributed by atoms with Crippen molar-refractivity contribution in [3.8, 4) is 50.9 Å². The van der Waals surface area contributed by atoms with Gasteiger partial charge in [0.25, 0.3) is 6.71 Å². The Bertz CT molecular complexity index is 3350. The van der Waals surface area contributed by atoms with Crippen molar-refractivity contribution >= 4 is 66.5 Å². The number of rotatable bonds is 3. The zero-order valence-corrected chi connectivity index (χ0v) is 28.8. The Kier molecular flexibility index (Phi) is 5.21. The fraction of sp³-hybridized carbons (Fsp3) is 0. The van der Waals surface area contributed by atoms with E-state index in [0.29, 0.717) is 17.1 Å². The summed E-state index contributed by atoms with van der Waals surface area (Å²) in [7, 11) is 0. The molecule has 12 rings (SSSR count). The highest BCUT2D eigenvalue weighted by molar-refractivity contribution is 6.98. The second-order valence-electron chi connectivity index (χ2n) is 14.0. The molecule has 0 unspecified atom stereocenters. The zero-order chi connectivity index (χ0) is 39.7. The molecule has 0 saturated heterocycles. The standard InChI is InChI=1S/C50H30BNO2/c1-2-14-31(15-3-1)48-36-18-4-6-20-38(36)49(39-21-7-5-19-37(39)48)32-28-46-50-47(29-32)54-45-30-33(26-27-41(45)51(50)40-22-10-13-25-44(40)53-46)52-42-23-11-8-16-34(42)35-17-9-12-24-43(35)52/h1-30H/i1D,2D,3D,14D,15D. The SMILES string of the molecule is [2H]c1c([2H])c([2H])c(-c2c3ccccc3c(-c3cc4c5c(c3)Oc3cc(-n6c7ccccc7c7ccccc76)ccc3B5c3ccccc3O4)c3ccccc23)c([2H])c1[2H]. The summed E-state index contributed by atoms with van der Waals surface area (Å²) in [4.78, 5) is 0. The van der Waals surface area contributed by atoms with Crippen LogP contribution in [0.15, 0.2) is 182 Å². The van der Waals surface area contributed by atoms with E-state index in [9.17, 15) is 0 Å². The van der Waals surface area contributed by atoms with Crippen molar-refractivity contribution in [2.24, 2.45) is 0 Å². The minimum Gasteiger partial charge on any atom is -0.458 e. The predicted octanol–water partition coefficient (Wildman–Crippen LogP) is 11.2. The van der Waals surface area contributed by atoms with E-state index in [2.05, 4.69) is 95.6 Å². The summed E-state index contributed by atoms with van der Waals surface area (Å²) < 4.78 is 59.4. The number of benzene rings is 9. The van der Waals surface area contributed by atoms with Crippen LogP contribution in [0.1, 0.15) is 6.85 Å². The second-order valence-corrected chi connectivity index (χ2v) is 14.0. The van der Waals surface area contributed by atoms with Crippen molar-refractivity contribution < 1.29 is 16.3 Å². The maximum absolute atomic E-state index is 8.98. The minimum absolute atomic E-state index is 0.130. The normalized spacial score (nSPS) is 14.0. The van der Waals surface area contributed by atoms with E-state index in [-0.39, 0.29) is 36.4 Å². The molecule has 0 N–H and O–H groups in total. The summed E-state index contributed by atoms with van der Waals surface area (Å²) >= 11 is 0. The smallest absolute Gasteiger partial charge is 0.260 e. The van der Waals surface area contributed by atoms with Gasteiger partial charge in [0.05, 0.1) is 17.9 Å². The lowest BCUT2D eigenvalue weighted by Crippen LogP contribution is -2.57. The Morgan fingerprint density at radius 1 is 0.426 bits per heavy atom. The number of hydrogen-bond acceptors (Lipinski definition) is 2. The average Bonchev–Trinajstić information content (AvgIpc) is 3.61. The zero-order valence-electron chi connectivity index (χ0n) is 33.8. The Morgan fingerprint density at radius 3 is 1.56 bits per heavy atom. The van der Waals surface area contributed by atoms with Crippen LogP contribution in [-0.4, -0.2) is 11.3 Å². The highest BCUT2D eigenvalue weighted by Crippen LogP contribution is 2.46. The summed E-state index contributed by atoms with van der Waals surface area (Å²) in [6.07, 6.45) is 0. The van der Waals surface area contributed by atoms with Crippen LogP contribution in [0.2, 0.25) is 0 Å². The summed E-state index contributed by atoms with van der Waals surface area (Å²) in [5, 5.41) is 5.68. The fourth-order valence-corrected chi connectivity index (χ4v) is 9.00. The van der Waals surface area contributed by atoms with Crippen LogP contribution >= 0.6 is 0 Å². The van der Waals surface area contributed by atoms with Crippen molar-refractivity contribution in [1.82, 2.24) is 4.57 Å². The average molecular weight is 693 g/mol. The van der Waals surface area contributed by atoms with Crippen LogP contribution in [0, 0.1) is 0 Å². The largest absolute Gasteiger partial charge is 0.458 e. The van der Waals surface area contributed by atoms with Gasteiger partial charge in [-0.1, -0.05) is 139 Å². The Balaban J connectivity index is 1.11. The Hall–Kier alpha value is -7.04.